The highest BCUT2D eigenvalue weighted by molar-refractivity contribution is 6.34. The molecular weight excluding hydrogens is 820 g/mol. The monoisotopic (exact) mass is 854 g/mol. The average Bonchev–Trinajstić information content (AvgIpc) is 3.13. The van der Waals surface area contributed by atoms with E-state index < -0.39 is 40.4 Å². The molecule has 0 unspecified atom stereocenters. The van der Waals surface area contributed by atoms with E-state index in [1.807, 2.05) is 20.8 Å². The van der Waals surface area contributed by atoms with Gasteiger partial charge in [-0.2, -0.15) is 26.3 Å². The minimum atomic E-state index is -5.04. The number of hydrogen-bond donors (Lipinski definition) is 0. The van der Waals surface area contributed by atoms with Crippen molar-refractivity contribution in [2.75, 3.05) is 23.9 Å². The van der Waals surface area contributed by atoms with Gasteiger partial charge in [-0.25, -0.2) is 14.4 Å². The summed E-state index contributed by atoms with van der Waals surface area (Å²) in [5.41, 5.74) is -1.11. The summed E-state index contributed by atoms with van der Waals surface area (Å²) >= 11 is 18.3. The molecule has 2 amide bonds. The molecule has 0 atom stereocenters. The van der Waals surface area contributed by atoms with Gasteiger partial charge in [0.25, 0.3) is 0 Å². The Labute approximate surface area is 340 Å². The van der Waals surface area contributed by atoms with Crippen LogP contribution in [0.2, 0.25) is 15.3 Å². The lowest BCUT2D eigenvalue weighted by Crippen LogP contribution is -2.42. The number of anilines is 2. The van der Waals surface area contributed by atoms with Gasteiger partial charge in [-0.15, -0.1) is 0 Å². The number of nitrogens with zero attached hydrogens (tertiary/aromatic N) is 4. The van der Waals surface area contributed by atoms with E-state index in [0.29, 0.717) is 39.1 Å². The van der Waals surface area contributed by atoms with E-state index in [0.717, 1.165) is 21.6 Å². The fourth-order valence-electron chi connectivity index (χ4n) is 5.89. The maximum atomic E-state index is 13.5. The Bertz CT molecular complexity index is 2260. The fraction of sp³-hybridized carbons (Fsp3) is 0.268. The van der Waals surface area contributed by atoms with Gasteiger partial charge in [0.1, 0.15) is 16.1 Å². The maximum Gasteiger partial charge on any atom is 0.416 e. The molecular formula is C41H36Cl3F7N4O2. The quantitative estimate of drug-likeness (QED) is 0.121. The molecule has 0 bridgehead atoms. The third kappa shape index (κ3) is 10.4. The number of benzene rings is 3. The number of carbonyl (C=O) groups is 2. The van der Waals surface area contributed by atoms with E-state index in [1.54, 1.807) is 54.5 Å². The number of amides is 2. The van der Waals surface area contributed by atoms with E-state index in [2.05, 4.69) is 9.97 Å². The van der Waals surface area contributed by atoms with E-state index in [-0.39, 0.29) is 34.5 Å². The van der Waals surface area contributed by atoms with Gasteiger partial charge in [0.05, 0.1) is 40.3 Å². The molecule has 0 N–H and O–H groups in total. The van der Waals surface area contributed by atoms with Crippen molar-refractivity contribution in [3.8, 4) is 22.3 Å². The number of likely N-dealkylation sites (N-methyl/N-ethyl adjacent to an activating group) is 1. The van der Waals surface area contributed by atoms with Gasteiger partial charge < -0.3 is 9.80 Å². The van der Waals surface area contributed by atoms with Crippen molar-refractivity contribution in [1.82, 2.24) is 9.97 Å². The van der Waals surface area contributed by atoms with Crippen LogP contribution in [0.4, 0.5) is 42.1 Å². The molecule has 5 rings (SSSR count). The number of carbonyl (C=O) groups excluding carboxylic acids is 2. The van der Waals surface area contributed by atoms with Crippen molar-refractivity contribution in [3.63, 3.8) is 0 Å². The summed E-state index contributed by atoms with van der Waals surface area (Å²) in [5, 5.41) is 0.758. The van der Waals surface area contributed by atoms with Gasteiger partial charge in [-0.05, 0) is 86.0 Å². The van der Waals surface area contributed by atoms with Crippen molar-refractivity contribution in [2.45, 2.75) is 52.4 Å². The zero-order valence-corrected chi connectivity index (χ0v) is 33.8. The lowest BCUT2D eigenvalue weighted by atomic mass is 9.81. The molecule has 57 heavy (non-hydrogen) atoms. The molecule has 3 aromatic carbocycles. The molecule has 6 nitrogen and oxygen atoms in total. The van der Waals surface area contributed by atoms with Crippen molar-refractivity contribution in [2.24, 2.45) is 5.92 Å². The molecule has 2 aromatic heterocycles. The van der Waals surface area contributed by atoms with Crippen molar-refractivity contribution < 1.29 is 40.3 Å². The first-order chi connectivity index (χ1) is 26.3. The highest BCUT2D eigenvalue weighted by Crippen LogP contribution is 2.42. The SMILES string of the molecule is CN(C(=O)C(C)(C)c1cc(C(F)(F)F)cc(C(F)(F)F)c1)c1cnc(Cl)cc1-c1ccccc1Cl.Cc1cc(F)ccc1-c1cc(Cl)ncc1N(C)C(=O)C(C)C. The van der Waals surface area contributed by atoms with Crippen LogP contribution < -0.4 is 9.80 Å². The second-order valence-corrected chi connectivity index (χ2v) is 15.0. The second-order valence-electron chi connectivity index (χ2n) is 13.8. The molecule has 0 aliphatic heterocycles. The molecule has 2 heterocycles. The third-order valence-electron chi connectivity index (χ3n) is 9.04. The Morgan fingerprint density at radius 2 is 1.12 bits per heavy atom. The summed E-state index contributed by atoms with van der Waals surface area (Å²) in [6, 6.07) is 15.5. The first-order valence-electron chi connectivity index (χ1n) is 17.0. The first-order valence-corrected chi connectivity index (χ1v) is 18.2. The second kappa shape index (κ2) is 17.4. The smallest absolute Gasteiger partial charge is 0.313 e. The minimum Gasteiger partial charge on any atom is -0.313 e. The Balaban J connectivity index is 0.000000281. The summed E-state index contributed by atoms with van der Waals surface area (Å²) in [5.74, 6) is -1.23. The Hall–Kier alpha value is -4.72. The number of aryl methyl sites for hydroxylation is 1. The Morgan fingerprint density at radius 1 is 0.649 bits per heavy atom. The number of pyridine rings is 2. The summed E-state index contributed by atoms with van der Waals surface area (Å²) in [6.45, 7) is 8.00. The molecule has 0 aliphatic carbocycles. The van der Waals surface area contributed by atoms with Gasteiger partial charge in [-0.1, -0.05) is 72.9 Å². The lowest BCUT2D eigenvalue weighted by molar-refractivity contribution is -0.143. The van der Waals surface area contributed by atoms with Crippen molar-refractivity contribution in [3.05, 3.63) is 129 Å². The highest BCUT2D eigenvalue weighted by atomic mass is 35.5. The van der Waals surface area contributed by atoms with Crippen molar-refractivity contribution in [1.29, 1.82) is 0 Å². The van der Waals surface area contributed by atoms with Crippen LogP contribution in [0, 0.1) is 18.7 Å². The molecule has 0 spiro atoms. The predicted octanol–water partition coefficient (Wildman–Crippen LogP) is 12.5. The normalized spacial score (nSPS) is 11.9. The lowest BCUT2D eigenvalue weighted by Gasteiger charge is -2.32. The van der Waals surface area contributed by atoms with Gasteiger partial charge in [0.2, 0.25) is 11.8 Å². The van der Waals surface area contributed by atoms with Crippen LogP contribution in [0.5, 0.6) is 0 Å². The van der Waals surface area contributed by atoms with E-state index in [9.17, 15) is 40.3 Å². The molecule has 16 heteroatoms. The van der Waals surface area contributed by atoms with Gasteiger partial charge in [0, 0.05) is 41.7 Å². The highest BCUT2D eigenvalue weighted by Gasteiger charge is 2.41. The van der Waals surface area contributed by atoms with Crippen LogP contribution in [0.25, 0.3) is 22.3 Å². The first kappa shape index (κ1) is 45.0. The number of alkyl halides is 6. The zero-order chi connectivity index (χ0) is 42.8. The largest absolute Gasteiger partial charge is 0.416 e. The summed E-state index contributed by atoms with van der Waals surface area (Å²) in [4.78, 5) is 36.5. The van der Waals surface area contributed by atoms with Crippen LogP contribution >= 0.6 is 34.8 Å². The summed E-state index contributed by atoms with van der Waals surface area (Å²) < 4.78 is 93.5. The topological polar surface area (TPSA) is 66.4 Å². The van der Waals surface area contributed by atoms with Gasteiger partial charge in [0.15, 0.2) is 0 Å². The molecule has 302 valence electrons. The van der Waals surface area contributed by atoms with E-state index in [4.69, 9.17) is 34.8 Å². The molecule has 0 saturated heterocycles. The molecule has 5 aromatic rings. The number of halogens is 10. The molecule has 0 radical (unpaired) electrons. The van der Waals surface area contributed by atoms with E-state index >= 15 is 0 Å². The number of rotatable bonds is 7. The standard InChI is InChI=1S/C24H18Cl2F6N2O.C17H18ClFN2O/c1-22(2,13-8-14(23(27,28)29)10-15(9-13)24(30,31)32)21(35)34(3)19-12-33-20(26)11-17(19)16-6-4-5-7-18(16)25;1-10(2)17(22)21(4)15-9-20-16(18)8-14(15)13-6-5-12(19)7-11(13)3/h4-12H,1-3H3;5-10H,1-4H3. The van der Waals surface area contributed by atoms with Crippen LogP contribution in [-0.2, 0) is 27.4 Å². The van der Waals surface area contributed by atoms with Crippen LogP contribution in [0.3, 0.4) is 0 Å². The van der Waals surface area contributed by atoms with Gasteiger partial charge >= 0.3 is 12.4 Å². The number of aromatic nitrogens is 2. The van der Waals surface area contributed by atoms with E-state index in [1.165, 1.54) is 45.3 Å². The average molecular weight is 856 g/mol. The number of hydrogen-bond acceptors (Lipinski definition) is 4. The summed E-state index contributed by atoms with van der Waals surface area (Å²) in [7, 11) is 3.04. The molecule has 0 saturated carbocycles. The van der Waals surface area contributed by atoms with Gasteiger partial charge in [-0.3, -0.25) is 9.59 Å². The Kier molecular flexibility index (Phi) is 13.7. The summed E-state index contributed by atoms with van der Waals surface area (Å²) in [6.07, 6.45) is -7.24. The third-order valence-corrected chi connectivity index (χ3v) is 9.78. The molecule has 0 aliphatic rings. The molecule has 0 fully saturated rings. The van der Waals surface area contributed by atoms with Crippen LogP contribution in [-0.4, -0.2) is 35.9 Å². The Morgan fingerprint density at radius 3 is 1.60 bits per heavy atom. The fourth-order valence-corrected chi connectivity index (χ4v) is 6.45. The predicted molar refractivity (Wildman–Crippen MR) is 210 cm³/mol. The zero-order valence-electron chi connectivity index (χ0n) is 31.5. The van der Waals surface area contributed by atoms with Crippen LogP contribution in [0.1, 0.15) is 49.9 Å². The minimum absolute atomic E-state index is 0.0202. The van der Waals surface area contributed by atoms with Crippen LogP contribution in [0.15, 0.2) is 85.2 Å². The van der Waals surface area contributed by atoms with Crippen molar-refractivity contribution >= 4 is 58.0 Å². The maximum absolute atomic E-state index is 13.5.